The van der Waals surface area contributed by atoms with Gasteiger partial charge < -0.3 is 5.32 Å². The largest absolute Gasteiger partial charge is 0.350 e. The van der Waals surface area contributed by atoms with Gasteiger partial charge in [-0.1, -0.05) is 19.3 Å². The quantitative estimate of drug-likeness (QED) is 0.812. The lowest BCUT2D eigenvalue weighted by atomic mass is 9.87. The maximum absolute atomic E-state index is 12.1. The number of rotatable bonds is 2. The van der Waals surface area contributed by atoms with E-state index in [1.165, 1.54) is 6.42 Å². The van der Waals surface area contributed by atoms with Crippen LogP contribution in [0.3, 0.4) is 0 Å². The minimum Gasteiger partial charge on any atom is -0.350 e. The number of hydrogen-bond donors (Lipinski definition) is 1. The Bertz CT molecular complexity index is 398. The van der Waals surface area contributed by atoms with E-state index in [0.717, 1.165) is 25.7 Å². The fourth-order valence-corrected chi connectivity index (χ4v) is 4.97. The van der Waals surface area contributed by atoms with Gasteiger partial charge >= 0.3 is 0 Å². The molecule has 0 bridgehead atoms. The van der Waals surface area contributed by atoms with Crippen molar-refractivity contribution in [1.82, 2.24) is 5.32 Å². The zero-order valence-electron chi connectivity index (χ0n) is 10.4. The van der Waals surface area contributed by atoms with Crippen molar-refractivity contribution in [2.24, 2.45) is 5.92 Å². The Morgan fingerprint density at radius 1 is 1.24 bits per heavy atom. The minimum absolute atomic E-state index is 0.0595. The normalized spacial score (nSPS) is 33.5. The van der Waals surface area contributed by atoms with Crippen LogP contribution in [0.2, 0.25) is 0 Å². The number of nitrogens with one attached hydrogen (secondary N) is 1. The number of amides is 1. The molecule has 1 saturated heterocycles. The first-order valence-electron chi connectivity index (χ1n) is 6.43. The third kappa shape index (κ3) is 3.21. The Labute approximate surface area is 103 Å². The lowest BCUT2D eigenvalue weighted by Gasteiger charge is -2.28. The van der Waals surface area contributed by atoms with E-state index in [-0.39, 0.29) is 23.3 Å². The molecule has 1 saturated carbocycles. The second-order valence-electron chi connectivity index (χ2n) is 5.73. The van der Waals surface area contributed by atoms with Crippen LogP contribution in [0, 0.1) is 5.92 Å². The summed E-state index contributed by atoms with van der Waals surface area (Å²) in [6, 6.07) is 0. The Balaban J connectivity index is 1.94. The van der Waals surface area contributed by atoms with Crippen LogP contribution in [0.1, 0.15) is 45.4 Å². The molecular weight excluding hydrogens is 238 g/mol. The molecular formula is C12H21NO3S. The van der Waals surface area contributed by atoms with Crippen molar-refractivity contribution < 1.29 is 13.2 Å². The van der Waals surface area contributed by atoms with E-state index >= 15 is 0 Å². The molecule has 0 aromatic rings. The SMILES string of the molecule is C[C@@]1(NC(=O)C2CCCCC2)CCS(=O)(=O)C1. The molecule has 0 aromatic carbocycles. The summed E-state index contributed by atoms with van der Waals surface area (Å²) in [5.41, 5.74) is -0.534. The van der Waals surface area contributed by atoms with Crippen LogP contribution in [0.25, 0.3) is 0 Å². The van der Waals surface area contributed by atoms with Gasteiger partial charge in [0.25, 0.3) is 0 Å². The summed E-state index contributed by atoms with van der Waals surface area (Å²) in [6.45, 7) is 1.85. The highest BCUT2D eigenvalue weighted by Crippen LogP contribution is 2.27. The first-order chi connectivity index (χ1) is 7.90. The summed E-state index contributed by atoms with van der Waals surface area (Å²) in [6.07, 6.45) is 5.91. The molecule has 0 unspecified atom stereocenters. The van der Waals surface area contributed by atoms with Crippen LogP contribution in [-0.4, -0.2) is 31.4 Å². The molecule has 5 heteroatoms. The second-order valence-corrected chi connectivity index (χ2v) is 7.91. The van der Waals surface area contributed by atoms with Gasteiger partial charge in [-0.05, 0) is 26.2 Å². The molecule has 98 valence electrons. The summed E-state index contributed by atoms with van der Waals surface area (Å²) < 4.78 is 22.9. The molecule has 2 rings (SSSR count). The summed E-state index contributed by atoms with van der Waals surface area (Å²) in [7, 11) is -2.94. The van der Waals surface area contributed by atoms with Crippen LogP contribution in [0.5, 0.6) is 0 Å². The zero-order chi connectivity index (χ0) is 12.5. The molecule has 2 fully saturated rings. The molecule has 2 aliphatic rings. The van der Waals surface area contributed by atoms with Crippen molar-refractivity contribution >= 4 is 15.7 Å². The standard InChI is InChI=1S/C12H21NO3S/c1-12(7-8-17(15,16)9-12)13-11(14)10-5-3-2-4-6-10/h10H,2-9H2,1H3,(H,13,14)/t12-/m1/s1. The smallest absolute Gasteiger partial charge is 0.223 e. The van der Waals surface area contributed by atoms with Crippen molar-refractivity contribution in [3.8, 4) is 0 Å². The van der Waals surface area contributed by atoms with E-state index in [9.17, 15) is 13.2 Å². The molecule has 1 amide bonds. The number of carbonyl (C=O) groups is 1. The van der Waals surface area contributed by atoms with E-state index in [1.54, 1.807) is 0 Å². The van der Waals surface area contributed by atoms with Gasteiger partial charge in [-0.15, -0.1) is 0 Å². The highest BCUT2D eigenvalue weighted by Gasteiger charge is 2.40. The van der Waals surface area contributed by atoms with Gasteiger partial charge in [0.2, 0.25) is 5.91 Å². The second kappa shape index (κ2) is 4.59. The predicted molar refractivity (Wildman–Crippen MR) is 66.4 cm³/mol. The van der Waals surface area contributed by atoms with Crippen molar-refractivity contribution in [3.05, 3.63) is 0 Å². The fourth-order valence-electron chi connectivity index (χ4n) is 2.87. The zero-order valence-corrected chi connectivity index (χ0v) is 11.2. The molecule has 1 atom stereocenters. The lowest BCUT2D eigenvalue weighted by molar-refractivity contribution is -0.127. The van der Waals surface area contributed by atoms with Gasteiger partial charge in [0.15, 0.2) is 9.84 Å². The van der Waals surface area contributed by atoms with Crippen LogP contribution >= 0.6 is 0 Å². The van der Waals surface area contributed by atoms with Crippen LogP contribution in [0.15, 0.2) is 0 Å². The monoisotopic (exact) mass is 259 g/mol. The van der Waals surface area contributed by atoms with Gasteiger partial charge in [-0.2, -0.15) is 0 Å². The van der Waals surface area contributed by atoms with E-state index < -0.39 is 15.4 Å². The molecule has 0 aromatic heterocycles. The molecule has 0 radical (unpaired) electrons. The summed E-state index contributed by atoms with van der Waals surface area (Å²) in [5, 5.41) is 2.96. The lowest BCUT2D eigenvalue weighted by Crippen LogP contribution is -2.49. The first kappa shape index (κ1) is 12.9. The maximum Gasteiger partial charge on any atom is 0.223 e. The van der Waals surface area contributed by atoms with Gasteiger partial charge in [0.1, 0.15) is 0 Å². The Morgan fingerprint density at radius 3 is 2.41 bits per heavy atom. The van der Waals surface area contributed by atoms with E-state index in [4.69, 9.17) is 0 Å². The van der Waals surface area contributed by atoms with Crippen LogP contribution in [0.4, 0.5) is 0 Å². The van der Waals surface area contributed by atoms with E-state index in [1.807, 2.05) is 6.92 Å². The van der Waals surface area contributed by atoms with Crippen LogP contribution in [-0.2, 0) is 14.6 Å². The number of carbonyl (C=O) groups excluding carboxylic acids is 1. The highest BCUT2D eigenvalue weighted by molar-refractivity contribution is 7.91. The predicted octanol–water partition coefficient (Wildman–Crippen LogP) is 1.26. The number of hydrogen-bond acceptors (Lipinski definition) is 3. The highest BCUT2D eigenvalue weighted by atomic mass is 32.2. The summed E-state index contributed by atoms with van der Waals surface area (Å²) in [5.74, 6) is 0.459. The Morgan fingerprint density at radius 2 is 1.88 bits per heavy atom. The van der Waals surface area contributed by atoms with E-state index in [0.29, 0.717) is 6.42 Å². The van der Waals surface area contributed by atoms with Crippen molar-refractivity contribution in [2.75, 3.05) is 11.5 Å². The van der Waals surface area contributed by atoms with Gasteiger partial charge in [0, 0.05) is 5.92 Å². The Kier molecular flexibility index (Phi) is 3.48. The molecule has 1 N–H and O–H groups in total. The number of sulfone groups is 1. The van der Waals surface area contributed by atoms with Crippen molar-refractivity contribution in [1.29, 1.82) is 0 Å². The minimum atomic E-state index is -2.94. The van der Waals surface area contributed by atoms with Crippen molar-refractivity contribution in [2.45, 2.75) is 51.0 Å². The summed E-state index contributed by atoms with van der Waals surface area (Å²) >= 11 is 0. The van der Waals surface area contributed by atoms with Crippen LogP contribution < -0.4 is 5.32 Å². The Hall–Kier alpha value is -0.580. The van der Waals surface area contributed by atoms with Crippen molar-refractivity contribution in [3.63, 3.8) is 0 Å². The van der Waals surface area contributed by atoms with Gasteiger partial charge in [0.05, 0.1) is 17.0 Å². The molecule has 1 aliphatic carbocycles. The topological polar surface area (TPSA) is 63.2 Å². The molecule has 4 nitrogen and oxygen atoms in total. The molecule has 1 heterocycles. The average Bonchev–Trinajstić information content (AvgIpc) is 2.54. The fraction of sp³-hybridized carbons (Fsp3) is 0.917. The van der Waals surface area contributed by atoms with E-state index in [2.05, 4.69) is 5.32 Å². The van der Waals surface area contributed by atoms with Gasteiger partial charge in [-0.3, -0.25) is 4.79 Å². The molecule has 1 aliphatic heterocycles. The molecule has 17 heavy (non-hydrogen) atoms. The van der Waals surface area contributed by atoms with Gasteiger partial charge in [-0.25, -0.2) is 8.42 Å². The third-order valence-electron chi connectivity index (χ3n) is 3.90. The first-order valence-corrected chi connectivity index (χ1v) is 8.25. The molecule has 0 spiro atoms. The summed E-state index contributed by atoms with van der Waals surface area (Å²) in [4.78, 5) is 12.1. The maximum atomic E-state index is 12.1. The average molecular weight is 259 g/mol. The third-order valence-corrected chi connectivity index (χ3v) is 5.81.